The van der Waals surface area contributed by atoms with Crippen LogP contribution >= 0.6 is 0 Å². The van der Waals surface area contributed by atoms with E-state index in [1.165, 1.54) is 13.2 Å². The van der Waals surface area contributed by atoms with E-state index in [9.17, 15) is 4.79 Å². The van der Waals surface area contributed by atoms with E-state index in [1.54, 1.807) is 6.07 Å². The molecule has 0 spiro atoms. The number of nitrogens with zero attached hydrogens (tertiary/aromatic N) is 4. The zero-order valence-electron chi connectivity index (χ0n) is 11.3. The van der Waals surface area contributed by atoms with E-state index >= 15 is 0 Å². The van der Waals surface area contributed by atoms with Crippen molar-refractivity contribution in [3.8, 4) is 11.3 Å². The van der Waals surface area contributed by atoms with Gasteiger partial charge < -0.3 is 9.26 Å². The third-order valence-corrected chi connectivity index (χ3v) is 2.67. The van der Waals surface area contributed by atoms with Crippen LogP contribution in [-0.4, -0.2) is 24.8 Å². The minimum atomic E-state index is -0.583. The van der Waals surface area contributed by atoms with Crippen LogP contribution in [0.2, 0.25) is 0 Å². The first kappa shape index (κ1) is 14.4. The number of carbonyl (C=O) groups excluding carboxylic acids is 1. The molecule has 0 aliphatic heterocycles. The summed E-state index contributed by atoms with van der Waals surface area (Å²) in [6.45, 7) is -0.120. The van der Waals surface area contributed by atoms with Crippen molar-refractivity contribution in [1.82, 2.24) is 5.16 Å². The topological polar surface area (TPSA) is 101 Å². The Labute approximate surface area is 120 Å². The van der Waals surface area contributed by atoms with Crippen LogP contribution in [-0.2, 0) is 9.53 Å². The summed E-state index contributed by atoms with van der Waals surface area (Å²) in [4.78, 5) is 14.2. The molecule has 1 aromatic heterocycles. The molecule has 7 nitrogen and oxygen atoms in total. The molecule has 21 heavy (non-hydrogen) atoms. The third kappa shape index (κ3) is 3.71. The van der Waals surface area contributed by atoms with Gasteiger partial charge >= 0.3 is 5.97 Å². The van der Waals surface area contributed by atoms with Gasteiger partial charge in [0, 0.05) is 22.1 Å². The number of benzene rings is 1. The molecule has 0 saturated heterocycles. The Morgan fingerprint density at radius 3 is 2.90 bits per heavy atom. The summed E-state index contributed by atoms with van der Waals surface area (Å²) in [7, 11) is 1.25. The smallest absolute Gasteiger partial charge is 0.333 e. The molecular weight excluding hydrogens is 272 g/mol. The van der Waals surface area contributed by atoms with Gasteiger partial charge in [-0.2, -0.15) is 0 Å². The van der Waals surface area contributed by atoms with Crippen molar-refractivity contribution in [2.45, 2.75) is 0 Å². The van der Waals surface area contributed by atoms with Gasteiger partial charge in [0.25, 0.3) is 0 Å². The molecular formula is C14H12N4O3. The summed E-state index contributed by atoms with van der Waals surface area (Å²) in [6, 6.07) is 11.2. The minimum Gasteiger partial charge on any atom is -0.466 e. The standard InChI is InChI=1S/C14H12N4O3/c1-20-14(19)11(9-16-18-15)7-12-8-13(17-21-12)10-5-3-2-4-6-10/h2-8H,9H2,1H3/b11-7+. The maximum absolute atomic E-state index is 11.6. The van der Waals surface area contributed by atoms with Crippen molar-refractivity contribution >= 4 is 12.0 Å². The van der Waals surface area contributed by atoms with Gasteiger partial charge in [-0.25, -0.2) is 4.79 Å². The molecule has 0 unspecified atom stereocenters. The predicted octanol–water partition coefficient (Wildman–Crippen LogP) is 3.21. The first-order valence-electron chi connectivity index (χ1n) is 6.06. The molecule has 0 aliphatic carbocycles. The Kier molecular flexibility index (Phi) is 4.74. The zero-order valence-corrected chi connectivity index (χ0v) is 11.3. The Hall–Kier alpha value is -3.05. The molecule has 2 aromatic rings. The van der Waals surface area contributed by atoms with Crippen molar-refractivity contribution in [3.63, 3.8) is 0 Å². The van der Waals surface area contributed by atoms with Crippen molar-refractivity contribution in [2.75, 3.05) is 13.7 Å². The highest BCUT2D eigenvalue weighted by Crippen LogP contribution is 2.20. The monoisotopic (exact) mass is 284 g/mol. The van der Waals surface area contributed by atoms with Crippen LogP contribution < -0.4 is 0 Å². The summed E-state index contributed by atoms with van der Waals surface area (Å²) < 4.78 is 9.78. The van der Waals surface area contributed by atoms with E-state index < -0.39 is 5.97 Å². The Morgan fingerprint density at radius 2 is 2.24 bits per heavy atom. The maximum Gasteiger partial charge on any atom is 0.333 e. The molecule has 0 amide bonds. The first-order chi connectivity index (χ1) is 10.2. The molecule has 1 heterocycles. The van der Waals surface area contributed by atoms with Gasteiger partial charge in [-0.15, -0.1) is 0 Å². The fourth-order valence-corrected chi connectivity index (χ4v) is 1.68. The number of hydrogen-bond donors (Lipinski definition) is 0. The Balaban J connectivity index is 2.28. The number of carbonyl (C=O) groups is 1. The minimum absolute atomic E-state index is 0.120. The SMILES string of the molecule is COC(=O)/C(=C/c1cc(-c2ccccc2)no1)CN=[N+]=[N-]. The third-order valence-electron chi connectivity index (χ3n) is 2.67. The van der Waals surface area contributed by atoms with Crippen LogP contribution in [0.1, 0.15) is 5.76 Å². The lowest BCUT2D eigenvalue weighted by atomic mass is 10.1. The van der Waals surface area contributed by atoms with Crippen molar-refractivity contribution in [3.05, 3.63) is 58.2 Å². The van der Waals surface area contributed by atoms with E-state index in [1.807, 2.05) is 30.3 Å². The lowest BCUT2D eigenvalue weighted by Gasteiger charge is -1.99. The highest BCUT2D eigenvalue weighted by Gasteiger charge is 2.11. The molecule has 0 atom stereocenters. The van der Waals surface area contributed by atoms with Gasteiger partial charge in [-0.1, -0.05) is 40.6 Å². The van der Waals surface area contributed by atoms with Crippen LogP contribution in [0.5, 0.6) is 0 Å². The summed E-state index contributed by atoms with van der Waals surface area (Å²) in [5.74, 6) is -0.206. The van der Waals surface area contributed by atoms with E-state index in [0.29, 0.717) is 11.5 Å². The summed E-state index contributed by atoms with van der Waals surface area (Å²) in [6.07, 6.45) is 1.44. The van der Waals surface area contributed by atoms with E-state index in [0.717, 1.165) is 5.56 Å². The largest absolute Gasteiger partial charge is 0.466 e. The van der Waals surface area contributed by atoms with Gasteiger partial charge in [0.15, 0.2) is 5.76 Å². The number of rotatable bonds is 5. The molecule has 0 fully saturated rings. The number of hydrogen-bond acceptors (Lipinski definition) is 5. The highest BCUT2D eigenvalue weighted by molar-refractivity contribution is 5.93. The van der Waals surface area contributed by atoms with Crippen molar-refractivity contribution in [1.29, 1.82) is 0 Å². The van der Waals surface area contributed by atoms with E-state index in [-0.39, 0.29) is 12.1 Å². The van der Waals surface area contributed by atoms with Crippen LogP contribution in [0.15, 0.2) is 51.6 Å². The van der Waals surface area contributed by atoms with Crippen molar-refractivity contribution < 1.29 is 14.1 Å². The number of esters is 1. The molecule has 7 heteroatoms. The molecule has 0 bridgehead atoms. The van der Waals surface area contributed by atoms with Gasteiger partial charge in [-0.3, -0.25) is 0 Å². The average Bonchev–Trinajstić information content (AvgIpc) is 3.00. The molecule has 0 saturated carbocycles. The lowest BCUT2D eigenvalue weighted by Crippen LogP contribution is -2.06. The zero-order chi connectivity index (χ0) is 15.1. The lowest BCUT2D eigenvalue weighted by molar-refractivity contribution is -0.136. The van der Waals surface area contributed by atoms with Gasteiger partial charge in [0.05, 0.1) is 13.7 Å². The number of ether oxygens (including phenoxy) is 1. The van der Waals surface area contributed by atoms with Gasteiger partial charge in [-0.05, 0) is 11.6 Å². The molecule has 0 aliphatic rings. The van der Waals surface area contributed by atoms with Crippen LogP contribution in [0.4, 0.5) is 0 Å². The Bertz CT molecular complexity index is 700. The van der Waals surface area contributed by atoms with Gasteiger partial charge in [0.1, 0.15) is 5.69 Å². The van der Waals surface area contributed by atoms with E-state index in [4.69, 9.17) is 10.1 Å². The number of methoxy groups -OCH3 is 1. The summed E-state index contributed by atoms with van der Waals surface area (Å²) in [5.41, 5.74) is 10.1. The van der Waals surface area contributed by atoms with E-state index in [2.05, 4.69) is 19.9 Å². The number of aromatic nitrogens is 1. The second kappa shape index (κ2) is 6.93. The molecule has 0 radical (unpaired) electrons. The van der Waals surface area contributed by atoms with Gasteiger partial charge in [0.2, 0.25) is 0 Å². The quantitative estimate of drug-likeness (QED) is 0.276. The summed E-state index contributed by atoms with van der Waals surface area (Å²) >= 11 is 0. The normalized spacial score (nSPS) is 10.8. The summed E-state index contributed by atoms with van der Waals surface area (Å²) in [5, 5.41) is 7.28. The van der Waals surface area contributed by atoms with Crippen molar-refractivity contribution in [2.24, 2.45) is 5.11 Å². The molecule has 106 valence electrons. The van der Waals surface area contributed by atoms with Crippen LogP contribution in [0.3, 0.4) is 0 Å². The second-order valence-electron chi connectivity index (χ2n) is 4.03. The molecule has 1 aromatic carbocycles. The first-order valence-corrected chi connectivity index (χ1v) is 6.06. The average molecular weight is 284 g/mol. The molecule has 2 rings (SSSR count). The molecule has 0 N–H and O–H groups in total. The highest BCUT2D eigenvalue weighted by atomic mass is 16.5. The maximum atomic E-state index is 11.6. The fraction of sp³-hybridized carbons (Fsp3) is 0.143. The Morgan fingerprint density at radius 1 is 1.48 bits per heavy atom. The second-order valence-corrected chi connectivity index (χ2v) is 4.03. The van der Waals surface area contributed by atoms with Crippen LogP contribution in [0, 0.1) is 0 Å². The predicted molar refractivity (Wildman–Crippen MR) is 75.9 cm³/mol. The fourth-order valence-electron chi connectivity index (χ4n) is 1.68. The number of azide groups is 1. The van der Waals surface area contributed by atoms with Crippen LogP contribution in [0.25, 0.3) is 27.8 Å².